The lowest BCUT2D eigenvalue weighted by molar-refractivity contribution is 0.0690. The van der Waals surface area contributed by atoms with Gasteiger partial charge in [0.1, 0.15) is 17.1 Å². The van der Waals surface area contributed by atoms with Crippen molar-refractivity contribution in [2.45, 2.75) is 6.92 Å². The minimum Gasteiger partial charge on any atom is -0.492 e. The first-order valence-corrected chi connectivity index (χ1v) is 4.81. The fourth-order valence-electron chi connectivity index (χ4n) is 1.08. The molecule has 0 fully saturated rings. The minimum absolute atomic E-state index is 0.0206. The molecule has 1 atom stereocenters. The quantitative estimate of drug-likeness (QED) is 0.802. The van der Waals surface area contributed by atoms with E-state index in [0.29, 0.717) is 0 Å². The Morgan fingerprint density at radius 1 is 1.56 bits per heavy atom. The van der Waals surface area contributed by atoms with Gasteiger partial charge in [-0.25, -0.2) is 9.18 Å². The van der Waals surface area contributed by atoms with Gasteiger partial charge in [0.15, 0.2) is 0 Å². The summed E-state index contributed by atoms with van der Waals surface area (Å²) in [6, 6.07) is 3.23. The van der Waals surface area contributed by atoms with Crippen LogP contribution in [0.4, 0.5) is 4.39 Å². The topological polar surface area (TPSA) is 66.8 Å². The molecule has 16 heavy (non-hydrogen) atoms. The van der Waals surface area contributed by atoms with E-state index < -0.39 is 11.8 Å². The molecule has 0 radical (unpaired) electrons. The number of hydrogen-bond donors (Lipinski definition) is 2. The molecule has 0 aliphatic heterocycles. The first-order valence-electron chi connectivity index (χ1n) is 4.81. The summed E-state index contributed by atoms with van der Waals surface area (Å²) in [5.74, 6) is -1.89. The zero-order valence-electron chi connectivity index (χ0n) is 8.81. The monoisotopic (exact) mass is 228 g/mol. The second-order valence-electron chi connectivity index (χ2n) is 3.54. The van der Waals surface area contributed by atoms with Crippen molar-refractivity contribution >= 4 is 5.97 Å². The molecule has 88 valence electrons. The number of carboxylic acids is 1. The van der Waals surface area contributed by atoms with Crippen molar-refractivity contribution in [3.63, 3.8) is 0 Å². The van der Waals surface area contributed by atoms with Crippen LogP contribution in [-0.2, 0) is 0 Å². The van der Waals surface area contributed by atoms with Gasteiger partial charge in [0.2, 0.25) is 0 Å². The number of ether oxygens (including phenoxy) is 1. The van der Waals surface area contributed by atoms with Gasteiger partial charge in [-0.2, -0.15) is 0 Å². The first-order chi connectivity index (χ1) is 7.54. The van der Waals surface area contributed by atoms with Crippen LogP contribution in [-0.4, -0.2) is 29.4 Å². The molecule has 0 spiro atoms. The SMILES string of the molecule is CC(CO)COc1cc(F)ccc1C(=O)O. The summed E-state index contributed by atoms with van der Waals surface area (Å²) >= 11 is 0. The van der Waals surface area contributed by atoms with E-state index in [-0.39, 0.29) is 30.4 Å². The normalized spacial score (nSPS) is 12.2. The van der Waals surface area contributed by atoms with Crippen LogP contribution in [0.25, 0.3) is 0 Å². The minimum atomic E-state index is -1.17. The molecular formula is C11H13FO4. The summed E-state index contributed by atoms with van der Waals surface area (Å²) < 4.78 is 18.0. The predicted molar refractivity (Wildman–Crippen MR) is 55.1 cm³/mol. The molecule has 4 nitrogen and oxygen atoms in total. The van der Waals surface area contributed by atoms with Crippen LogP contribution in [0.1, 0.15) is 17.3 Å². The third kappa shape index (κ3) is 3.20. The van der Waals surface area contributed by atoms with Crippen LogP contribution >= 0.6 is 0 Å². The van der Waals surface area contributed by atoms with E-state index >= 15 is 0 Å². The molecule has 0 aliphatic carbocycles. The van der Waals surface area contributed by atoms with Crippen molar-refractivity contribution in [3.8, 4) is 5.75 Å². The van der Waals surface area contributed by atoms with Gasteiger partial charge in [0.25, 0.3) is 0 Å². The summed E-state index contributed by atoms with van der Waals surface area (Å²) in [6.45, 7) is 1.80. The highest BCUT2D eigenvalue weighted by Crippen LogP contribution is 2.20. The molecule has 0 aromatic heterocycles. The smallest absolute Gasteiger partial charge is 0.339 e. The lowest BCUT2D eigenvalue weighted by Gasteiger charge is -2.12. The first kappa shape index (κ1) is 12.4. The van der Waals surface area contributed by atoms with Crippen LogP contribution in [0, 0.1) is 11.7 Å². The van der Waals surface area contributed by atoms with E-state index in [1.54, 1.807) is 6.92 Å². The predicted octanol–water partition coefficient (Wildman–Crippen LogP) is 1.53. The van der Waals surface area contributed by atoms with E-state index in [0.717, 1.165) is 18.2 Å². The molecule has 0 saturated carbocycles. The highest BCUT2D eigenvalue weighted by Gasteiger charge is 2.13. The number of halogens is 1. The van der Waals surface area contributed by atoms with Crippen molar-refractivity contribution in [1.29, 1.82) is 0 Å². The number of carbonyl (C=O) groups is 1. The zero-order chi connectivity index (χ0) is 12.1. The third-order valence-electron chi connectivity index (χ3n) is 2.01. The fourth-order valence-corrected chi connectivity index (χ4v) is 1.08. The number of benzene rings is 1. The standard InChI is InChI=1S/C11H13FO4/c1-7(5-13)6-16-10-4-8(12)2-3-9(10)11(14)15/h2-4,7,13H,5-6H2,1H3,(H,14,15). The summed E-state index contributed by atoms with van der Waals surface area (Å²) in [7, 11) is 0. The summed E-state index contributed by atoms with van der Waals surface area (Å²) in [5.41, 5.74) is -0.0912. The van der Waals surface area contributed by atoms with Crippen LogP contribution in [0.5, 0.6) is 5.75 Å². The lowest BCUT2D eigenvalue weighted by Crippen LogP contribution is -2.14. The van der Waals surface area contributed by atoms with Crippen molar-refractivity contribution in [1.82, 2.24) is 0 Å². The van der Waals surface area contributed by atoms with Crippen molar-refractivity contribution in [3.05, 3.63) is 29.6 Å². The number of hydrogen-bond acceptors (Lipinski definition) is 3. The average Bonchev–Trinajstić information content (AvgIpc) is 2.25. The van der Waals surface area contributed by atoms with E-state index in [9.17, 15) is 9.18 Å². The van der Waals surface area contributed by atoms with Gasteiger partial charge in [-0.05, 0) is 12.1 Å². The van der Waals surface area contributed by atoms with Crippen molar-refractivity contribution in [2.24, 2.45) is 5.92 Å². The molecular weight excluding hydrogens is 215 g/mol. The largest absolute Gasteiger partial charge is 0.492 e. The summed E-state index contributed by atoms with van der Waals surface area (Å²) in [4.78, 5) is 10.8. The molecule has 0 amide bonds. The Hall–Kier alpha value is -1.62. The van der Waals surface area contributed by atoms with E-state index in [4.69, 9.17) is 14.9 Å². The highest BCUT2D eigenvalue weighted by atomic mass is 19.1. The molecule has 0 saturated heterocycles. The molecule has 2 N–H and O–H groups in total. The number of aromatic carboxylic acids is 1. The van der Waals surface area contributed by atoms with Crippen LogP contribution in [0.15, 0.2) is 18.2 Å². The van der Waals surface area contributed by atoms with Gasteiger partial charge in [0, 0.05) is 18.6 Å². The Bertz CT molecular complexity index is 378. The van der Waals surface area contributed by atoms with Crippen molar-refractivity contribution < 1.29 is 24.1 Å². The van der Waals surface area contributed by atoms with Gasteiger partial charge in [0.05, 0.1) is 6.61 Å². The van der Waals surface area contributed by atoms with E-state index in [2.05, 4.69) is 0 Å². The fraction of sp³-hybridized carbons (Fsp3) is 0.364. The summed E-state index contributed by atoms with van der Waals surface area (Å²) in [6.07, 6.45) is 0. The number of aliphatic hydroxyl groups is 1. The zero-order valence-corrected chi connectivity index (χ0v) is 8.81. The molecule has 5 heteroatoms. The Labute approximate surface area is 92.3 Å². The molecule has 1 unspecified atom stereocenters. The van der Waals surface area contributed by atoms with Crippen LogP contribution < -0.4 is 4.74 Å². The molecule has 1 aromatic rings. The van der Waals surface area contributed by atoms with Gasteiger partial charge in [-0.1, -0.05) is 6.92 Å². The van der Waals surface area contributed by atoms with Crippen molar-refractivity contribution in [2.75, 3.05) is 13.2 Å². The average molecular weight is 228 g/mol. The van der Waals surface area contributed by atoms with Gasteiger partial charge >= 0.3 is 5.97 Å². The Morgan fingerprint density at radius 3 is 2.81 bits per heavy atom. The molecule has 1 aromatic carbocycles. The molecule has 0 bridgehead atoms. The second-order valence-corrected chi connectivity index (χ2v) is 3.54. The number of rotatable bonds is 5. The van der Waals surface area contributed by atoms with Gasteiger partial charge in [-0.3, -0.25) is 0 Å². The highest BCUT2D eigenvalue weighted by molar-refractivity contribution is 5.90. The van der Waals surface area contributed by atoms with E-state index in [1.165, 1.54) is 0 Å². The Balaban J connectivity index is 2.84. The number of aliphatic hydroxyl groups excluding tert-OH is 1. The molecule has 0 heterocycles. The molecule has 1 rings (SSSR count). The maximum Gasteiger partial charge on any atom is 0.339 e. The third-order valence-corrected chi connectivity index (χ3v) is 2.01. The Kier molecular flexibility index (Phi) is 4.25. The van der Waals surface area contributed by atoms with E-state index in [1.807, 2.05) is 0 Å². The molecule has 0 aliphatic rings. The van der Waals surface area contributed by atoms with Gasteiger partial charge in [-0.15, -0.1) is 0 Å². The summed E-state index contributed by atoms with van der Waals surface area (Å²) in [5, 5.41) is 17.6. The van der Waals surface area contributed by atoms with Crippen LogP contribution in [0.3, 0.4) is 0 Å². The van der Waals surface area contributed by atoms with Crippen LogP contribution in [0.2, 0.25) is 0 Å². The second kappa shape index (κ2) is 5.46. The lowest BCUT2D eigenvalue weighted by atomic mass is 10.2. The Morgan fingerprint density at radius 2 is 2.25 bits per heavy atom. The maximum atomic E-state index is 12.9. The number of carboxylic acid groups (broad SMARTS) is 1. The maximum absolute atomic E-state index is 12.9. The van der Waals surface area contributed by atoms with Gasteiger partial charge < -0.3 is 14.9 Å².